The van der Waals surface area contributed by atoms with E-state index in [1.54, 1.807) is 6.92 Å². The van der Waals surface area contributed by atoms with Gasteiger partial charge in [0.25, 0.3) is 0 Å². The molecule has 0 aliphatic rings. The van der Waals surface area contributed by atoms with Gasteiger partial charge in [0.2, 0.25) is 0 Å². The highest BCUT2D eigenvalue weighted by Crippen LogP contribution is 2.00. The molecule has 1 atom stereocenters. The van der Waals surface area contributed by atoms with Crippen molar-refractivity contribution in [2.75, 3.05) is 6.61 Å². The Balaban J connectivity index is 3.82. The maximum Gasteiger partial charge on any atom is 0.333 e. The number of rotatable bonds is 7. The van der Waals surface area contributed by atoms with Crippen LogP contribution in [0.2, 0.25) is 0 Å². The van der Waals surface area contributed by atoms with Crippen molar-refractivity contribution in [2.24, 2.45) is 0 Å². The van der Waals surface area contributed by atoms with Crippen LogP contribution in [0, 0.1) is 0 Å². The van der Waals surface area contributed by atoms with Crippen LogP contribution in [0.15, 0.2) is 12.2 Å². The van der Waals surface area contributed by atoms with Gasteiger partial charge in [0, 0.05) is 5.57 Å². The molecule has 6 heteroatoms. The van der Waals surface area contributed by atoms with Crippen molar-refractivity contribution in [3.8, 4) is 0 Å². The van der Waals surface area contributed by atoms with Gasteiger partial charge in [0.05, 0.1) is 12.8 Å². The molecule has 0 radical (unpaired) electrons. The molecule has 0 rings (SSSR count). The minimum Gasteiger partial charge on any atom is -0.481 e. The summed E-state index contributed by atoms with van der Waals surface area (Å²) in [5.74, 6) is -2.26. The molecule has 17 heavy (non-hydrogen) atoms. The highest BCUT2D eigenvalue weighted by molar-refractivity contribution is 5.86. The zero-order chi connectivity index (χ0) is 13.4. The van der Waals surface area contributed by atoms with Gasteiger partial charge in [-0.3, -0.25) is 9.59 Å². The van der Waals surface area contributed by atoms with Gasteiger partial charge in [-0.15, -0.1) is 0 Å². The maximum atomic E-state index is 11.1. The summed E-state index contributed by atoms with van der Waals surface area (Å²) in [4.78, 5) is 32.3. The monoisotopic (exact) mass is 244 g/mol. The molecule has 0 aromatic carbocycles. The summed E-state index contributed by atoms with van der Waals surface area (Å²) in [6.07, 6.45) is -1.09. The van der Waals surface area contributed by atoms with Crippen LogP contribution in [-0.2, 0) is 23.9 Å². The number of carbonyl (C=O) groups excluding carboxylic acids is 2. The largest absolute Gasteiger partial charge is 0.481 e. The van der Waals surface area contributed by atoms with Crippen LogP contribution in [-0.4, -0.2) is 35.7 Å². The highest BCUT2D eigenvalue weighted by atomic mass is 16.6. The lowest BCUT2D eigenvalue weighted by atomic mass is 10.3. The van der Waals surface area contributed by atoms with E-state index in [4.69, 9.17) is 14.6 Å². The Kier molecular flexibility index (Phi) is 6.62. The molecule has 1 unspecified atom stereocenters. The quantitative estimate of drug-likeness (QED) is 0.528. The number of ether oxygens (including phenoxy) is 2. The van der Waals surface area contributed by atoms with Crippen molar-refractivity contribution in [1.29, 1.82) is 0 Å². The molecule has 0 saturated heterocycles. The SMILES string of the molecule is C=C(C)C(=O)OCC(C)OC(=O)CCC(=O)O. The average molecular weight is 244 g/mol. The first-order chi connectivity index (χ1) is 7.82. The number of carboxylic acids is 1. The van der Waals surface area contributed by atoms with E-state index in [2.05, 4.69) is 6.58 Å². The van der Waals surface area contributed by atoms with Gasteiger partial charge in [-0.2, -0.15) is 0 Å². The van der Waals surface area contributed by atoms with Gasteiger partial charge in [-0.25, -0.2) is 4.79 Å². The third-order valence-corrected chi connectivity index (χ3v) is 1.67. The number of carboxylic acid groups (broad SMARTS) is 1. The van der Waals surface area contributed by atoms with Crippen molar-refractivity contribution >= 4 is 17.9 Å². The number of hydrogen-bond acceptors (Lipinski definition) is 5. The van der Waals surface area contributed by atoms with Crippen LogP contribution in [0.3, 0.4) is 0 Å². The van der Waals surface area contributed by atoms with E-state index in [9.17, 15) is 14.4 Å². The predicted molar refractivity (Wildman–Crippen MR) is 58.2 cm³/mol. The summed E-state index contributed by atoms with van der Waals surface area (Å²) < 4.78 is 9.58. The molecule has 0 aliphatic heterocycles. The molecule has 96 valence electrons. The van der Waals surface area contributed by atoms with Crippen LogP contribution >= 0.6 is 0 Å². The highest BCUT2D eigenvalue weighted by Gasteiger charge is 2.13. The van der Waals surface area contributed by atoms with Crippen molar-refractivity contribution < 1.29 is 29.0 Å². The summed E-state index contributed by atoms with van der Waals surface area (Å²) >= 11 is 0. The molecular weight excluding hydrogens is 228 g/mol. The van der Waals surface area contributed by atoms with Gasteiger partial charge in [-0.1, -0.05) is 6.58 Å². The number of hydrogen-bond donors (Lipinski definition) is 1. The van der Waals surface area contributed by atoms with Crippen molar-refractivity contribution in [3.63, 3.8) is 0 Å². The lowest BCUT2D eigenvalue weighted by Gasteiger charge is -2.13. The first-order valence-electron chi connectivity index (χ1n) is 5.06. The van der Waals surface area contributed by atoms with Crippen molar-refractivity contribution in [3.05, 3.63) is 12.2 Å². The minimum atomic E-state index is -1.07. The van der Waals surface area contributed by atoms with Gasteiger partial charge in [-0.05, 0) is 13.8 Å². The van der Waals surface area contributed by atoms with E-state index < -0.39 is 24.0 Å². The summed E-state index contributed by atoms with van der Waals surface area (Å²) in [6.45, 7) is 6.37. The van der Waals surface area contributed by atoms with Crippen LogP contribution < -0.4 is 0 Å². The second kappa shape index (κ2) is 7.43. The van der Waals surface area contributed by atoms with Crippen LogP contribution in [0.1, 0.15) is 26.7 Å². The molecule has 0 aromatic heterocycles. The minimum absolute atomic E-state index is 0.0789. The summed E-state index contributed by atoms with van der Waals surface area (Å²) in [7, 11) is 0. The summed E-state index contributed by atoms with van der Waals surface area (Å²) in [6, 6.07) is 0. The third-order valence-electron chi connectivity index (χ3n) is 1.67. The van der Waals surface area contributed by atoms with Gasteiger partial charge >= 0.3 is 17.9 Å². The molecular formula is C11H16O6. The van der Waals surface area contributed by atoms with Crippen LogP contribution in [0.5, 0.6) is 0 Å². The zero-order valence-corrected chi connectivity index (χ0v) is 9.89. The summed E-state index contributed by atoms with van der Waals surface area (Å²) in [5.41, 5.74) is 0.259. The fourth-order valence-corrected chi connectivity index (χ4v) is 0.843. The van der Waals surface area contributed by atoms with E-state index in [0.717, 1.165) is 0 Å². The van der Waals surface area contributed by atoms with E-state index in [1.165, 1.54) is 6.92 Å². The topological polar surface area (TPSA) is 89.9 Å². The normalized spacial score (nSPS) is 11.4. The van der Waals surface area contributed by atoms with Gasteiger partial charge in [0.15, 0.2) is 0 Å². The summed E-state index contributed by atoms with van der Waals surface area (Å²) in [5, 5.41) is 8.35. The Morgan fingerprint density at radius 1 is 1.29 bits per heavy atom. The fourth-order valence-electron chi connectivity index (χ4n) is 0.843. The molecule has 6 nitrogen and oxygen atoms in total. The van der Waals surface area contributed by atoms with Gasteiger partial charge < -0.3 is 14.6 Å². The maximum absolute atomic E-state index is 11.1. The Hall–Kier alpha value is -1.85. The first kappa shape index (κ1) is 15.2. The van der Waals surface area contributed by atoms with Crippen molar-refractivity contribution in [1.82, 2.24) is 0 Å². The second-order valence-corrected chi connectivity index (χ2v) is 3.57. The van der Waals surface area contributed by atoms with Crippen LogP contribution in [0.4, 0.5) is 0 Å². The second-order valence-electron chi connectivity index (χ2n) is 3.57. The number of aliphatic carboxylic acids is 1. The standard InChI is InChI=1S/C11H16O6/c1-7(2)11(15)16-6-8(3)17-10(14)5-4-9(12)13/h8H,1,4-6H2,2-3H3,(H,12,13). The Labute approximate surface area is 99.2 Å². The fraction of sp³-hybridized carbons (Fsp3) is 0.545. The van der Waals surface area contributed by atoms with E-state index in [0.29, 0.717) is 0 Å². The lowest BCUT2D eigenvalue weighted by Crippen LogP contribution is -2.22. The molecule has 0 amide bonds. The Bertz CT molecular complexity index is 320. The van der Waals surface area contributed by atoms with E-state index in [1.807, 2.05) is 0 Å². The molecule has 0 aliphatic carbocycles. The molecule has 0 heterocycles. The zero-order valence-electron chi connectivity index (χ0n) is 9.89. The molecule has 0 fully saturated rings. The predicted octanol–water partition coefficient (Wildman–Crippen LogP) is 0.902. The van der Waals surface area contributed by atoms with E-state index in [-0.39, 0.29) is 25.0 Å². The Morgan fingerprint density at radius 2 is 1.88 bits per heavy atom. The molecule has 0 saturated carbocycles. The molecule has 1 N–H and O–H groups in total. The third kappa shape index (κ3) is 8.01. The van der Waals surface area contributed by atoms with E-state index >= 15 is 0 Å². The number of esters is 2. The number of carbonyl (C=O) groups is 3. The molecule has 0 aromatic rings. The Morgan fingerprint density at radius 3 is 2.35 bits per heavy atom. The van der Waals surface area contributed by atoms with Crippen molar-refractivity contribution in [2.45, 2.75) is 32.8 Å². The lowest BCUT2D eigenvalue weighted by molar-refractivity contribution is -0.157. The average Bonchev–Trinajstić information content (AvgIpc) is 2.22. The van der Waals surface area contributed by atoms with Crippen LogP contribution in [0.25, 0.3) is 0 Å². The molecule has 0 bridgehead atoms. The first-order valence-corrected chi connectivity index (χ1v) is 5.06. The van der Waals surface area contributed by atoms with Gasteiger partial charge in [0.1, 0.15) is 12.7 Å². The molecule has 0 spiro atoms. The smallest absolute Gasteiger partial charge is 0.333 e.